The Kier molecular flexibility index (Phi) is 3.55. The number of aryl methyl sites for hydroxylation is 2. The Balaban J connectivity index is 2.22. The molecule has 0 spiro atoms. The zero-order chi connectivity index (χ0) is 12.3. The molecule has 2 N–H and O–H groups in total. The van der Waals surface area contributed by atoms with Gasteiger partial charge in [-0.3, -0.25) is 4.98 Å². The van der Waals surface area contributed by atoms with Gasteiger partial charge in [0.15, 0.2) is 0 Å². The highest BCUT2D eigenvalue weighted by Gasteiger charge is 2.10. The van der Waals surface area contributed by atoms with E-state index in [0.717, 1.165) is 12.0 Å². The normalized spacial score (nSPS) is 12.4. The van der Waals surface area contributed by atoms with E-state index in [-0.39, 0.29) is 6.04 Å². The van der Waals surface area contributed by atoms with Crippen molar-refractivity contribution in [3.05, 3.63) is 65.0 Å². The minimum absolute atomic E-state index is 0.0396. The Morgan fingerprint density at radius 2 is 1.65 bits per heavy atom. The molecule has 88 valence electrons. The predicted molar refractivity (Wildman–Crippen MR) is 70.8 cm³/mol. The number of pyridine rings is 1. The SMILES string of the molecule is Cc1cccc(C)c1CC(N)c1ccncc1. The standard InChI is InChI=1S/C15H18N2/c1-11-4-3-5-12(2)14(11)10-15(16)13-6-8-17-9-7-13/h3-9,15H,10,16H2,1-2H3. The number of aromatic nitrogens is 1. The Morgan fingerprint density at radius 1 is 1.06 bits per heavy atom. The highest BCUT2D eigenvalue weighted by atomic mass is 14.7. The number of nitrogens with zero attached hydrogens (tertiary/aromatic N) is 1. The van der Waals surface area contributed by atoms with Crippen LogP contribution in [0.4, 0.5) is 0 Å². The van der Waals surface area contributed by atoms with Gasteiger partial charge in [-0.05, 0) is 54.7 Å². The number of benzene rings is 1. The Morgan fingerprint density at radius 3 is 2.24 bits per heavy atom. The van der Waals surface area contributed by atoms with Crippen molar-refractivity contribution in [1.29, 1.82) is 0 Å². The van der Waals surface area contributed by atoms with Crippen LogP contribution in [0.3, 0.4) is 0 Å². The van der Waals surface area contributed by atoms with Crippen molar-refractivity contribution in [3.8, 4) is 0 Å². The first-order valence-corrected chi connectivity index (χ1v) is 5.89. The average Bonchev–Trinajstić information content (AvgIpc) is 2.35. The van der Waals surface area contributed by atoms with Gasteiger partial charge in [0.1, 0.15) is 0 Å². The summed E-state index contributed by atoms with van der Waals surface area (Å²) in [5.74, 6) is 0. The molecule has 0 fully saturated rings. The van der Waals surface area contributed by atoms with Crippen molar-refractivity contribution in [2.45, 2.75) is 26.3 Å². The lowest BCUT2D eigenvalue weighted by atomic mass is 9.94. The average molecular weight is 226 g/mol. The molecule has 0 aliphatic carbocycles. The van der Waals surface area contributed by atoms with Gasteiger partial charge in [0.25, 0.3) is 0 Å². The van der Waals surface area contributed by atoms with E-state index in [2.05, 4.69) is 37.0 Å². The summed E-state index contributed by atoms with van der Waals surface area (Å²) in [6.07, 6.45) is 4.46. The van der Waals surface area contributed by atoms with Gasteiger partial charge < -0.3 is 5.73 Å². The molecule has 1 atom stereocenters. The number of hydrogen-bond donors (Lipinski definition) is 1. The number of rotatable bonds is 3. The molecule has 1 heterocycles. The van der Waals surface area contributed by atoms with Gasteiger partial charge in [0.2, 0.25) is 0 Å². The van der Waals surface area contributed by atoms with Crippen molar-refractivity contribution < 1.29 is 0 Å². The van der Waals surface area contributed by atoms with Crippen LogP contribution in [-0.4, -0.2) is 4.98 Å². The molecular formula is C15H18N2. The van der Waals surface area contributed by atoms with Crippen molar-refractivity contribution in [1.82, 2.24) is 4.98 Å². The minimum atomic E-state index is 0.0396. The maximum absolute atomic E-state index is 6.24. The van der Waals surface area contributed by atoms with Gasteiger partial charge in [-0.15, -0.1) is 0 Å². The molecular weight excluding hydrogens is 208 g/mol. The van der Waals surface area contributed by atoms with Gasteiger partial charge in [-0.25, -0.2) is 0 Å². The maximum Gasteiger partial charge on any atom is 0.0337 e. The first-order chi connectivity index (χ1) is 8.18. The summed E-state index contributed by atoms with van der Waals surface area (Å²) in [5.41, 5.74) is 11.4. The summed E-state index contributed by atoms with van der Waals surface area (Å²) in [6, 6.07) is 10.4. The molecule has 0 saturated heterocycles. The highest BCUT2D eigenvalue weighted by molar-refractivity contribution is 5.35. The minimum Gasteiger partial charge on any atom is -0.324 e. The van der Waals surface area contributed by atoms with Crippen LogP contribution in [-0.2, 0) is 6.42 Å². The van der Waals surface area contributed by atoms with Crippen LogP contribution in [0.15, 0.2) is 42.7 Å². The second-order valence-electron chi connectivity index (χ2n) is 4.46. The van der Waals surface area contributed by atoms with Crippen molar-refractivity contribution in [2.24, 2.45) is 5.73 Å². The molecule has 0 aliphatic heterocycles. The summed E-state index contributed by atoms with van der Waals surface area (Å²) in [7, 11) is 0. The van der Waals surface area contributed by atoms with Crippen LogP contribution in [0, 0.1) is 13.8 Å². The van der Waals surface area contributed by atoms with Crippen molar-refractivity contribution >= 4 is 0 Å². The molecule has 2 heteroatoms. The zero-order valence-electron chi connectivity index (χ0n) is 10.4. The van der Waals surface area contributed by atoms with E-state index in [4.69, 9.17) is 5.73 Å². The quantitative estimate of drug-likeness (QED) is 0.874. The molecule has 0 saturated carbocycles. The lowest BCUT2D eigenvalue weighted by molar-refractivity contribution is 0.714. The molecule has 1 aromatic heterocycles. The van der Waals surface area contributed by atoms with E-state index in [0.29, 0.717) is 0 Å². The number of nitrogens with two attached hydrogens (primary N) is 1. The summed E-state index contributed by atoms with van der Waals surface area (Å²) in [4.78, 5) is 4.01. The molecule has 1 aromatic carbocycles. The van der Waals surface area contributed by atoms with Gasteiger partial charge in [0.05, 0.1) is 0 Å². The van der Waals surface area contributed by atoms with E-state index in [1.807, 2.05) is 12.1 Å². The lowest BCUT2D eigenvalue weighted by Crippen LogP contribution is -2.14. The van der Waals surface area contributed by atoms with Crippen LogP contribution in [0.1, 0.15) is 28.3 Å². The summed E-state index contributed by atoms with van der Waals surface area (Å²) in [6.45, 7) is 4.28. The monoisotopic (exact) mass is 226 g/mol. The third kappa shape index (κ3) is 2.71. The second-order valence-corrected chi connectivity index (χ2v) is 4.46. The molecule has 2 aromatic rings. The smallest absolute Gasteiger partial charge is 0.0337 e. The summed E-state index contributed by atoms with van der Waals surface area (Å²) < 4.78 is 0. The van der Waals surface area contributed by atoms with Crippen LogP contribution in [0.2, 0.25) is 0 Å². The first-order valence-electron chi connectivity index (χ1n) is 5.89. The fourth-order valence-corrected chi connectivity index (χ4v) is 2.12. The lowest BCUT2D eigenvalue weighted by Gasteiger charge is -2.15. The van der Waals surface area contributed by atoms with E-state index in [1.54, 1.807) is 12.4 Å². The molecule has 17 heavy (non-hydrogen) atoms. The predicted octanol–water partition coefficient (Wildman–Crippen LogP) is 2.94. The largest absolute Gasteiger partial charge is 0.324 e. The van der Waals surface area contributed by atoms with Crippen LogP contribution in [0.25, 0.3) is 0 Å². The topological polar surface area (TPSA) is 38.9 Å². The molecule has 0 amide bonds. The molecule has 0 bridgehead atoms. The number of hydrogen-bond acceptors (Lipinski definition) is 2. The van der Waals surface area contributed by atoms with E-state index < -0.39 is 0 Å². The van der Waals surface area contributed by atoms with Gasteiger partial charge >= 0.3 is 0 Å². The van der Waals surface area contributed by atoms with Gasteiger partial charge in [-0.2, -0.15) is 0 Å². The van der Waals surface area contributed by atoms with E-state index in [1.165, 1.54) is 16.7 Å². The summed E-state index contributed by atoms with van der Waals surface area (Å²) >= 11 is 0. The van der Waals surface area contributed by atoms with E-state index in [9.17, 15) is 0 Å². The zero-order valence-corrected chi connectivity index (χ0v) is 10.4. The van der Waals surface area contributed by atoms with Crippen LogP contribution < -0.4 is 5.73 Å². The van der Waals surface area contributed by atoms with Gasteiger partial charge in [0, 0.05) is 18.4 Å². The molecule has 1 unspecified atom stereocenters. The molecule has 0 aliphatic rings. The van der Waals surface area contributed by atoms with E-state index >= 15 is 0 Å². The van der Waals surface area contributed by atoms with Crippen molar-refractivity contribution in [3.63, 3.8) is 0 Å². The fraction of sp³-hybridized carbons (Fsp3) is 0.267. The maximum atomic E-state index is 6.24. The summed E-state index contributed by atoms with van der Waals surface area (Å²) in [5, 5.41) is 0. The Labute approximate surface area is 103 Å². The van der Waals surface area contributed by atoms with Crippen molar-refractivity contribution in [2.75, 3.05) is 0 Å². The van der Waals surface area contributed by atoms with Crippen LogP contribution >= 0.6 is 0 Å². The third-order valence-electron chi connectivity index (χ3n) is 3.20. The fourth-order valence-electron chi connectivity index (χ4n) is 2.12. The second kappa shape index (κ2) is 5.11. The molecule has 2 rings (SSSR count). The Bertz CT molecular complexity index is 471. The van der Waals surface area contributed by atoms with Gasteiger partial charge in [-0.1, -0.05) is 18.2 Å². The molecule has 0 radical (unpaired) electrons. The third-order valence-corrected chi connectivity index (χ3v) is 3.20. The Hall–Kier alpha value is -1.67. The van der Waals surface area contributed by atoms with Crippen LogP contribution in [0.5, 0.6) is 0 Å². The molecule has 2 nitrogen and oxygen atoms in total. The first kappa shape index (κ1) is 11.8. The highest BCUT2D eigenvalue weighted by Crippen LogP contribution is 2.20.